The molecule has 0 aliphatic carbocycles. The van der Waals surface area contributed by atoms with Gasteiger partial charge in [-0.25, -0.2) is 4.98 Å². The number of nitrogens with one attached hydrogen (secondary N) is 1. The van der Waals surface area contributed by atoms with E-state index in [1.54, 1.807) is 25.6 Å². The van der Waals surface area contributed by atoms with Crippen molar-refractivity contribution in [2.45, 2.75) is 0 Å². The van der Waals surface area contributed by atoms with Crippen molar-refractivity contribution in [3.8, 4) is 5.75 Å². The smallest absolute Gasteiger partial charge is 0.145 e. The fourth-order valence-electron chi connectivity index (χ4n) is 1.51. The summed E-state index contributed by atoms with van der Waals surface area (Å²) in [7, 11) is 1.58. The van der Waals surface area contributed by atoms with Crippen molar-refractivity contribution in [2.24, 2.45) is 0 Å². The molecular formula is C12H11ClN2O. The molecule has 0 fully saturated rings. The Morgan fingerprint density at radius 3 is 2.94 bits per heavy atom. The second-order valence-corrected chi connectivity index (χ2v) is 3.64. The first-order valence-corrected chi connectivity index (χ1v) is 5.13. The quantitative estimate of drug-likeness (QED) is 0.886. The second-order valence-electron chi connectivity index (χ2n) is 3.24. The Kier molecular flexibility index (Phi) is 2.97. The molecule has 0 unspecified atom stereocenters. The van der Waals surface area contributed by atoms with Gasteiger partial charge in [0.25, 0.3) is 0 Å². The van der Waals surface area contributed by atoms with E-state index in [0.717, 1.165) is 11.1 Å². The molecular weight excluding hydrogens is 224 g/mol. The summed E-state index contributed by atoms with van der Waals surface area (Å²) in [5.41, 5.74) is 1.59. The SMILES string of the molecule is C=C(c1ncc[nH]1)c1cccc(Cl)c1OC. The van der Waals surface area contributed by atoms with Crippen LogP contribution in [0.4, 0.5) is 0 Å². The van der Waals surface area contributed by atoms with Gasteiger partial charge in [0, 0.05) is 23.5 Å². The van der Waals surface area contributed by atoms with Crippen LogP contribution in [0.1, 0.15) is 11.4 Å². The van der Waals surface area contributed by atoms with Crippen molar-refractivity contribution in [1.82, 2.24) is 9.97 Å². The molecule has 1 heterocycles. The molecule has 1 aromatic heterocycles. The molecule has 16 heavy (non-hydrogen) atoms. The molecule has 0 amide bonds. The van der Waals surface area contributed by atoms with Crippen LogP contribution in [0.5, 0.6) is 5.75 Å². The Hall–Kier alpha value is -1.74. The number of benzene rings is 1. The number of aromatic nitrogens is 2. The number of imidazole rings is 1. The molecule has 0 bridgehead atoms. The molecule has 0 saturated heterocycles. The minimum absolute atomic E-state index is 0.563. The number of rotatable bonds is 3. The van der Waals surface area contributed by atoms with Gasteiger partial charge in [-0.1, -0.05) is 30.3 Å². The highest BCUT2D eigenvalue weighted by atomic mass is 35.5. The largest absolute Gasteiger partial charge is 0.495 e. The zero-order valence-corrected chi connectivity index (χ0v) is 9.58. The highest BCUT2D eigenvalue weighted by Gasteiger charge is 2.12. The van der Waals surface area contributed by atoms with Crippen LogP contribution in [-0.2, 0) is 0 Å². The Balaban J connectivity index is 2.48. The zero-order valence-electron chi connectivity index (χ0n) is 8.83. The van der Waals surface area contributed by atoms with Gasteiger partial charge in [-0.15, -0.1) is 0 Å². The molecule has 0 saturated carbocycles. The van der Waals surface area contributed by atoms with Crippen LogP contribution in [0.3, 0.4) is 0 Å². The summed E-state index contributed by atoms with van der Waals surface area (Å²) < 4.78 is 5.26. The molecule has 0 aliphatic rings. The van der Waals surface area contributed by atoms with Gasteiger partial charge in [0.05, 0.1) is 12.1 Å². The Labute approximate surface area is 98.7 Å². The minimum Gasteiger partial charge on any atom is -0.495 e. The van der Waals surface area contributed by atoms with Crippen LogP contribution in [0.15, 0.2) is 37.2 Å². The lowest BCUT2D eigenvalue weighted by atomic mass is 10.1. The second kappa shape index (κ2) is 4.41. The molecule has 4 heteroatoms. The third kappa shape index (κ3) is 1.82. The summed E-state index contributed by atoms with van der Waals surface area (Å²) in [6.45, 7) is 3.98. The normalized spacial score (nSPS) is 10.1. The summed E-state index contributed by atoms with van der Waals surface area (Å²) >= 11 is 6.04. The fraction of sp³-hybridized carbons (Fsp3) is 0.0833. The maximum Gasteiger partial charge on any atom is 0.145 e. The van der Waals surface area contributed by atoms with E-state index in [4.69, 9.17) is 16.3 Å². The maximum absolute atomic E-state index is 6.04. The van der Waals surface area contributed by atoms with Gasteiger partial charge in [-0.3, -0.25) is 0 Å². The molecule has 0 spiro atoms. The maximum atomic E-state index is 6.04. The van der Waals surface area contributed by atoms with Crippen LogP contribution in [0, 0.1) is 0 Å². The number of ether oxygens (including phenoxy) is 1. The lowest BCUT2D eigenvalue weighted by Crippen LogP contribution is -1.94. The van der Waals surface area contributed by atoms with E-state index in [1.165, 1.54) is 0 Å². The number of nitrogens with zero attached hydrogens (tertiary/aromatic N) is 1. The van der Waals surface area contributed by atoms with Crippen molar-refractivity contribution in [1.29, 1.82) is 0 Å². The van der Waals surface area contributed by atoms with Crippen LogP contribution >= 0.6 is 11.6 Å². The van der Waals surface area contributed by atoms with E-state index in [1.807, 2.05) is 12.1 Å². The van der Waals surface area contributed by atoms with Crippen molar-refractivity contribution in [3.05, 3.63) is 53.6 Å². The molecule has 82 valence electrons. The van der Waals surface area contributed by atoms with Gasteiger partial charge in [0.15, 0.2) is 0 Å². The van der Waals surface area contributed by atoms with Gasteiger partial charge in [0.1, 0.15) is 11.6 Å². The zero-order chi connectivity index (χ0) is 11.5. The number of H-pyrrole nitrogens is 1. The number of hydrogen-bond acceptors (Lipinski definition) is 2. The summed E-state index contributed by atoms with van der Waals surface area (Å²) in [6.07, 6.45) is 3.43. The number of hydrogen-bond donors (Lipinski definition) is 1. The van der Waals surface area contributed by atoms with Gasteiger partial charge >= 0.3 is 0 Å². The number of aromatic amines is 1. The fourth-order valence-corrected chi connectivity index (χ4v) is 1.76. The first-order chi connectivity index (χ1) is 7.74. The molecule has 0 atom stereocenters. The Morgan fingerprint density at radius 1 is 1.50 bits per heavy atom. The Bertz CT molecular complexity index is 506. The summed E-state index contributed by atoms with van der Waals surface area (Å²) in [5, 5.41) is 0.563. The number of methoxy groups -OCH3 is 1. The lowest BCUT2D eigenvalue weighted by Gasteiger charge is -2.10. The minimum atomic E-state index is 0.563. The van der Waals surface area contributed by atoms with Crippen LogP contribution < -0.4 is 4.74 Å². The molecule has 1 N–H and O–H groups in total. The van der Waals surface area contributed by atoms with Crippen LogP contribution in [-0.4, -0.2) is 17.1 Å². The highest BCUT2D eigenvalue weighted by Crippen LogP contribution is 2.34. The third-order valence-electron chi connectivity index (χ3n) is 2.28. The van der Waals surface area contributed by atoms with Crippen molar-refractivity contribution in [3.63, 3.8) is 0 Å². The van der Waals surface area contributed by atoms with E-state index >= 15 is 0 Å². The van der Waals surface area contributed by atoms with Crippen molar-refractivity contribution >= 4 is 17.2 Å². The average Bonchev–Trinajstić information content (AvgIpc) is 2.81. The lowest BCUT2D eigenvalue weighted by molar-refractivity contribution is 0.414. The number of para-hydroxylation sites is 1. The monoisotopic (exact) mass is 234 g/mol. The van der Waals surface area contributed by atoms with Gasteiger partial charge < -0.3 is 9.72 Å². The molecule has 3 nitrogen and oxygen atoms in total. The van der Waals surface area contributed by atoms with Crippen molar-refractivity contribution in [2.75, 3.05) is 7.11 Å². The van der Waals surface area contributed by atoms with Crippen LogP contribution in [0.25, 0.3) is 5.57 Å². The first kappa shape index (κ1) is 10.8. The molecule has 0 radical (unpaired) electrons. The van der Waals surface area contributed by atoms with E-state index in [-0.39, 0.29) is 0 Å². The van der Waals surface area contributed by atoms with Gasteiger partial charge in [-0.2, -0.15) is 0 Å². The summed E-state index contributed by atoms with van der Waals surface area (Å²) in [4.78, 5) is 7.14. The standard InChI is InChI=1S/C12H11ClN2O/c1-8(12-14-6-7-15-12)9-4-3-5-10(13)11(9)16-2/h3-7H,1H2,2H3,(H,14,15). The van der Waals surface area contributed by atoms with E-state index in [9.17, 15) is 0 Å². The predicted octanol–water partition coefficient (Wildman–Crippen LogP) is 3.13. The average molecular weight is 235 g/mol. The number of halogens is 1. The molecule has 0 aliphatic heterocycles. The molecule has 1 aromatic carbocycles. The predicted molar refractivity (Wildman–Crippen MR) is 64.7 cm³/mol. The molecule has 2 rings (SSSR count). The highest BCUT2D eigenvalue weighted by molar-refractivity contribution is 6.32. The summed E-state index contributed by atoms with van der Waals surface area (Å²) in [5.74, 6) is 1.33. The molecule has 2 aromatic rings. The van der Waals surface area contributed by atoms with E-state index in [0.29, 0.717) is 16.6 Å². The van der Waals surface area contributed by atoms with Crippen molar-refractivity contribution < 1.29 is 4.74 Å². The van der Waals surface area contributed by atoms with Gasteiger partial charge in [0.2, 0.25) is 0 Å². The topological polar surface area (TPSA) is 37.9 Å². The summed E-state index contributed by atoms with van der Waals surface area (Å²) in [6, 6.07) is 5.53. The third-order valence-corrected chi connectivity index (χ3v) is 2.58. The van der Waals surface area contributed by atoms with Crippen LogP contribution in [0.2, 0.25) is 5.02 Å². The van der Waals surface area contributed by atoms with E-state index in [2.05, 4.69) is 16.5 Å². The Morgan fingerprint density at radius 2 is 2.31 bits per heavy atom. The van der Waals surface area contributed by atoms with E-state index < -0.39 is 0 Å². The van der Waals surface area contributed by atoms with Gasteiger partial charge in [-0.05, 0) is 6.07 Å². The first-order valence-electron chi connectivity index (χ1n) is 4.75.